The van der Waals surface area contributed by atoms with Crippen LogP contribution in [-0.4, -0.2) is 40.4 Å². The third kappa shape index (κ3) is 3.55. The van der Waals surface area contributed by atoms with Crippen LogP contribution in [0.4, 0.5) is 5.82 Å². The van der Waals surface area contributed by atoms with Crippen molar-refractivity contribution in [1.29, 1.82) is 0 Å². The summed E-state index contributed by atoms with van der Waals surface area (Å²) < 4.78 is 0. The lowest BCUT2D eigenvalue weighted by molar-refractivity contribution is -0.133. The summed E-state index contributed by atoms with van der Waals surface area (Å²) in [5.41, 5.74) is 3.39. The Morgan fingerprint density at radius 3 is 2.56 bits per heavy atom. The molecule has 1 amide bonds. The zero-order valence-corrected chi connectivity index (χ0v) is 16.3. The van der Waals surface area contributed by atoms with E-state index in [1.807, 2.05) is 30.0 Å². The predicted octanol–water partition coefficient (Wildman–Crippen LogP) is 3.46. The van der Waals surface area contributed by atoms with E-state index in [1.165, 1.54) is 12.8 Å². The number of nitrogens with zero attached hydrogens (tertiary/aromatic N) is 4. The normalized spacial score (nSPS) is 17.7. The molecule has 1 aromatic carbocycles. The molecule has 0 saturated carbocycles. The van der Waals surface area contributed by atoms with Crippen LogP contribution in [0, 0.1) is 6.92 Å². The largest absolute Gasteiger partial charge is 0.356 e. The lowest BCUT2D eigenvalue weighted by atomic mass is 9.93. The number of hydrogen-bond acceptors (Lipinski definition) is 4. The summed E-state index contributed by atoms with van der Waals surface area (Å²) in [6.07, 6.45) is 4.06. The number of amides is 1. The van der Waals surface area contributed by atoms with Gasteiger partial charge in [0.1, 0.15) is 11.6 Å². The Labute approximate surface area is 161 Å². The summed E-state index contributed by atoms with van der Waals surface area (Å²) in [5.74, 6) is 2.04. The van der Waals surface area contributed by atoms with Crippen molar-refractivity contribution in [3.05, 3.63) is 53.0 Å². The number of hydrogen-bond donors (Lipinski definition) is 0. The van der Waals surface area contributed by atoms with Crippen molar-refractivity contribution in [2.24, 2.45) is 0 Å². The molecule has 3 heterocycles. The van der Waals surface area contributed by atoms with Gasteiger partial charge in [0.2, 0.25) is 5.91 Å². The summed E-state index contributed by atoms with van der Waals surface area (Å²) in [7, 11) is 0. The molecule has 1 atom stereocenters. The summed E-state index contributed by atoms with van der Waals surface area (Å²) in [6.45, 7) is 7.54. The highest BCUT2D eigenvalue weighted by atomic mass is 16.2. The first-order valence-corrected chi connectivity index (χ1v) is 10.1. The molecule has 2 aliphatic rings. The Kier molecular flexibility index (Phi) is 5.10. The summed E-state index contributed by atoms with van der Waals surface area (Å²) in [5, 5.41) is 0. The smallest absolute Gasteiger partial charge is 0.230 e. The molecule has 0 bridgehead atoms. The van der Waals surface area contributed by atoms with E-state index in [1.54, 1.807) is 0 Å². The SMILES string of the molecule is CC[C@@H](C(=O)N1CCc2nc(C)nc(N3CCCC3)c2C1)c1ccccc1. The van der Waals surface area contributed by atoms with E-state index in [0.29, 0.717) is 6.54 Å². The van der Waals surface area contributed by atoms with Crippen molar-refractivity contribution >= 4 is 11.7 Å². The first kappa shape index (κ1) is 18.0. The fourth-order valence-electron chi connectivity index (χ4n) is 4.35. The van der Waals surface area contributed by atoms with Crippen molar-refractivity contribution < 1.29 is 4.79 Å². The van der Waals surface area contributed by atoms with Gasteiger partial charge in [-0.05, 0) is 31.7 Å². The molecule has 4 rings (SSSR count). The quantitative estimate of drug-likeness (QED) is 0.834. The van der Waals surface area contributed by atoms with Crippen molar-refractivity contribution in [2.45, 2.75) is 52.0 Å². The van der Waals surface area contributed by atoms with Crippen LogP contribution in [0.5, 0.6) is 0 Å². The zero-order valence-electron chi connectivity index (χ0n) is 16.3. The maximum Gasteiger partial charge on any atom is 0.230 e. The second-order valence-electron chi connectivity index (χ2n) is 7.60. The standard InChI is InChI=1S/C22H28N4O/c1-3-18(17-9-5-4-6-10-17)22(27)26-14-11-20-19(15-26)21(24-16(2)23-20)25-12-7-8-13-25/h4-6,9-10,18H,3,7-8,11-15H2,1-2H3/t18-/m1/s1. The van der Waals surface area contributed by atoms with Crippen molar-refractivity contribution in [1.82, 2.24) is 14.9 Å². The first-order chi connectivity index (χ1) is 13.2. The third-order valence-corrected chi connectivity index (χ3v) is 5.78. The van der Waals surface area contributed by atoms with E-state index in [-0.39, 0.29) is 11.8 Å². The van der Waals surface area contributed by atoms with Gasteiger partial charge in [0, 0.05) is 31.6 Å². The van der Waals surface area contributed by atoms with Gasteiger partial charge >= 0.3 is 0 Å². The molecular formula is C22H28N4O. The molecule has 1 fully saturated rings. The fraction of sp³-hybridized carbons (Fsp3) is 0.500. The Morgan fingerprint density at radius 1 is 1.11 bits per heavy atom. The lowest BCUT2D eigenvalue weighted by Crippen LogP contribution is -2.40. The molecule has 0 spiro atoms. The summed E-state index contributed by atoms with van der Waals surface area (Å²) >= 11 is 0. The molecule has 0 unspecified atom stereocenters. The minimum atomic E-state index is -0.0747. The van der Waals surface area contributed by atoms with Gasteiger partial charge in [0.05, 0.1) is 18.2 Å². The van der Waals surface area contributed by atoms with Crippen LogP contribution in [-0.2, 0) is 17.8 Å². The first-order valence-electron chi connectivity index (χ1n) is 10.1. The Balaban J connectivity index is 1.61. The molecule has 5 heteroatoms. The van der Waals surface area contributed by atoms with Crippen LogP contribution in [0.15, 0.2) is 30.3 Å². The van der Waals surface area contributed by atoms with Crippen LogP contribution in [0.1, 0.15) is 54.7 Å². The van der Waals surface area contributed by atoms with Crippen molar-refractivity contribution in [2.75, 3.05) is 24.5 Å². The molecule has 0 aliphatic carbocycles. The highest BCUT2D eigenvalue weighted by molar-refractivity contribution is 5.84. The molecule has 142 valence electrons. The number of anilines is 1. The summed E-state index contributed by atoms with van der Waals surface area (Å²) in [4.78, 5) is 27.1. The Hall–Kier alpha value is -2.43. The number of benzene rings is 1. The maximum atomic E-state index is 13.3. The highest BCUT2D eigenvalue weighted by Crippen LogP contribution is 2.31. The van der Waals surface area contributed by atoms with E-state index in [2.05, 4.69) is 28.9 Å². The lowest BCUT2D eigenvalue weighted by Gasteiger charge is -2.33. The van der Waals surface area contributed by atoms with Gasteiger partial charge in [-0.1, -0.05) is 37.3 Å². The minimum absolute atomic E-state index is 0.0747. The molecule has 5 nitrogen and oxygen atoms in total. The fourth-order valence-corrected chi connectivity index (χ4v) is 4.35. The Bertz CT molecular complexity index is 815. The topological polar surface area (TPSA) is 49.3 Å². The van der Waals surface area contributed by atoms with E-state index < -0.39 is 0 Å². The van der Waals surface area contributed by atoms with Gasteiger partial charge < -0.3 is 9.80 Å². The number of rotatable bonds is 4. The number of fused-ring (bicyclic) bond motifs is 1. The van der Waals surface area contributed by atoms with Crippen LogP contribution >= 0.6 is 0 Å². The van der Waals surface area contributed by atoms with Crippen molar-refractivity contribution in [3.63, 3.8) is 0 Å². The maximum absolute atomic E-state index is 13.3. The van der Waals surface area contributed by atoms with Crippen molar-refractivity contribution in [3.8, 4) is 0 Å². The average molecular weight is 364 g/mol. The van der Waals surface area contributed by atoms with Crippen LogP contribution in [0.25, 0.3) is 0 Å². The molecule has 27 heavy (non-hydrogen) atoms. The van der Waals surface area contributed by atoms with Gasteiger partial charge in [-0.3, -0.25) is 4.79 Å². The van der Waals surface area contributed by atoms with Crippen LogP contribution < -0.4 is 4.90 Å². The molecule has 1 saturated heterocycles. The number of aromatic nitrogens is 2. The van der Waals surface area contributed by atoms with Gasteiger partial charge in [0.15, 0.2) is 0 Å². The second-order valence-corrected chi connectivity index (χ2v) is 7.60. The van der Waals surface area contributed by atoms with E-state index in [4.69, 9.17) is 4.98 Å². The highest BCUT2D eigenvalue weighted by Gasteiger charge is 2.31. The molecule has 0 N–H and O–H groups in total. The minimum Gasteiger partial charge on any atom is -0.356 e. The molecular weight excluding hydrogens is 336 g/mol. The van der Waals surface area contributed by atoms with E-state index >= 15 is 0 Å². The monoisotopic (exact) mass is 364 g/mol. The van der Waals surface area contributed by atoms with Gasteiger partial charge in [0.25, 0.3) is 0 Å². The van der Waals surface area contributed by atoms with E-state index in [9.17, 15) is 4.79 Å². The molecule has 1 aromatic heterocycles. The van der Waals surface area contributed by atoms with Gasteiger partial charge in [-0.25, -0.2) is 9.97 Å². The van der Waals surface area contributed by atoms with E-state index in [0.717, 1.165) is 60.9 Å². The molecule has 0 radical (unpaired) electrons. The zero-order chi connectivity index (χ0) is 18.8. The number of carbonyl (C=O) groups is 1. The number of carbonyl (C=O) groups excluding carboxylic acids is 1. The van der Waals surface area contributed by atoms with Crippen LogP contribution in [0.3, 0.4) is 0 Å². The average Bonchev–Trinajstić information content (AvgIpc) is 3.23. The Morgan fingerprint density at radius 2 is 1.85 bits per heavy atom. The summed E-state index contributed by atoms with van der Waals surface area (Å²) in [6, 6.07) is 10.1. The van der Waals surface area contributed by atoms with Gasteiger partial charge in [-0.2, -0.15) is 0 Å². The third-order valence-electron chi connectivity index (χ3n) is 5.78. The molecule has 2 aromatic rings. The predicted molar refractivity (Wildman–Crippen MR) is 107 cm³/mol. The molecule has 2 aliphatic heterocycles. The second kappa shape index (κ2) is 7.67. The number of aryl methyl sites for hydroxylation is 1. The van der Waals surface area contributed by atoms with Crippen LogP contribution in [0.2, 0.25) is 0 Å². The van der Waals surface area contributed by atoms with Gasteiger partial charge in [-0.15, -0.1) is 0 Å².